The van der Waals surface area contributed by atoms with Crippen LogP contribution in [0.2, 0.25) is 10.0 Å². The number of non-ortho nitro benzene ring substituents is 1. The van der Waals surface area contributed by atoms with Gasteiger partial charge in [-0.2, -0.15) is 0 Å². The maximum absolute atomic E-state index is 10.8. The molecule has 1 aliphatic carbocycles. The molecular formula is C45H61Cl2NO10. The third-order valence-electron chi connectivity index (χ3n) is 6.65. The van der Waals surface area contributed by atoms with Crippen LogP contribution >= 0.6 is 23.2 Å². The van der Waals surface area contributed by atoms with Gasteiger partial charge in [-0.05, 0) is 119 Å². The fourth-order valence-corrected chi connectivity index (χ4v) is 4.32. The quantitative estimate of drug-likeness (QED) is 0.132. The molecule has 0 unspecified atom stereocenters. The summed E-state index contributed by atoms with van der Waals surface area (Å²) in [5.74, 6) is 1.55. The van der Waals surface area contributed by atoms with Crippen molar-refractivity contribution in [2.45, 2.75) is 122 Å². The molecule has 58 heavy (non-hydrogen) atoms. The van der Waals surface area contributed by atoms with Gasteiger partial charge in [0.05, 0.1) is 9.95 Å². The first kappa shape index (κ1) is 59.7. The molecular weight excluding hydrogens is 785 g/mol. The fraction of sp³-hybridized carbons (Fsp3) is 0.422. The molecule has 0 bridgehead atoms. The number of Topliss-reactive ketones (excluding diaryl/α,β-unsaturated/α-hetero) is 8. The van der Waals surface area contributed by atoms with Gasteiger partial charge < -0.3 is 19.2 Å². The number of hydrogen-bond donors (Lipinski definition) is 0. The Morgan fingerprint density at radius 1 is 0.586 bits per heavy atom. The molecule has 1 aliphatic rings. The minimum Gasteiger partial charge on any atom is -0.300 e. The zero-order chi connectivity index (χ0) is 46.0. The number of carbonyl (C=O) groups is 8. The van der Waals surface area contributed by atoms with Gasteiger partial charge in [-0.3, -0.25) is 29.3 Å². The lowest BCUT2D eigenvalue weighted by molar-refractivity contribution is -0.384. The molecule has 1 saturated carbocycles. The largest absolute Gasteiger partial charge is 0.300 e. The van der Waals surface area contributed by atoms with Gasteiger partial charge in [0.15, 0.2) is 17.3 Å². The van der Waals surface area contributed by atoms with Crippen LogP contribution in [0, 0.1) is 16.0 Å². The fourth-order valence-electron chi connectivity index (χ4n) is 3.77. The van der Waals surface area contributed by atoms with Crippen LogP contribution in [0.5, 0.6) is 0 Å². The Bertz CT molecular complexity index is 1660. The predicted octanol–water partition coefficient (Wildman–Crippen LogP) is 11.8. The van der Waals surface area contributed by atoms with Gasteiger partial charge >= 0.3 is 0 Å². The predicted molar refractivity (Wildman–Crippen MR) is 233 cm³/mol. The third-order valence-corrected chi connectivity index (χ3v) is 7.20. The maximum atomic E-state index is 10.8. The molecule has 320 valence electrons. The molecule has 13 heteroatoms. The number of benzene rings is 3. The number of rotatable bonds is 6. The lowest BCUT2D eigenvalue weighted by Gasteiger charge is -2.17. The number of nitro benzene ring substituents is 1. The summed E-state index contributed by atoms with van der Waals surface area (Å²) >= 11 is 11.3. The van der Waals surface area contributed by atoms with Crippen molar-refractivity contribution >= 4 is 75.2 Å². The van der Waals surface area contributed by atoms with E-state index in [0.29, 0.717) is 39.3 Å². The summed E-state index contributed by atoms with van der Waals surface area (Å²) in [6.07, 6.45) is 6.84. The molecule has 4 rings (SSSR count). The minimum atomic E-state index is -0.496. The number of nitro groups is 1. The third kappa shape index (κ3) is 40.7. The Labute approximate surface area is 354 Å². The van der Waals surface area contributed by atoms with Crippen molar-refractivity contribution in [2.75, 3.05) is 0 Å². The standard InChI is InChI=1S/C8H6Cl2O.C8H7NO3.C8H14O.C8H8O.C4H8O.3C3H6O/c1-5(11)7-3-2-6(9)4-8(7)10;1-6(10)7-2-4-8(5-3-7)9(11)12;2*1-7(9)8-5-3-2-4-6-8;1-3-4(2)5;3*1-3(2)4/h2-4H,1H3;2-5H,1H3;8H,2-6H2,1H3;2-6H,1H3;3H2,1-2H3;3*1-2H3. The number of carbonyl (C=O) groups excluding carboxylic acids is 8. The lowest BCUT2D eigenvalue weighted by Crippen LogP contribution is -2.13. The molecule has 11 nitrogen and oxygen atoms in total. The molecule has 0 radical (unpaired) electrons. The molecule has 0 spiro atoms. The average Bonchev–Trinajstić information content (AvgIpc) is 3.12. The Kier molecular flexibility index (Phi) is 37.4. The number of hydrogen-bond acceptors (Lipinski definition) is 10. The van der Waals surface area contributed by atoms with E-state index in [-0.39, 0.29) is 46.2 Å². The Balaban J connectivity index is -0.000000298. The summed E-state index contributed by atoms with van der Waals surface area (Å²) in [7, 11) is 0. The lowest BCUT2D eigenvalue weighted by atomic mass is 9.87. The van der Waals surface area contributed by atoms with E-state index in [2.05, 4.69) is 0 Å². The van der Waals surface area contributed by atoms with Crippen molar-refractivity contribution in [3.8, 4) is 0 Å². The van der Waals surface area contributed by atoms with Crippen LogP contribution in [-0.4, -0.2) is 51.2 Å². The Morgan fingerprint density at radius 3 is 1.22 bits per heavy atom. The number of halogens is 2. The van der Waals surface area contributed by atoms with Crippen molar-refractivity contribution in [3.63, 3.8) is 0 Å². The summed E-state index contributed by atoms with van der Waals surface area (Å²) < 4.78 is 0. The van der Waals surface area contributed by atoms with E-state index in [0.717, 1.165) is 18.4 Å². The van der Waals surface area contributed by atoms with Crippen LogP contribution in [0.1, 0.15) is 153 Å². The van der Waals surface area contributed by atoms with E-state index >= 15 is 0 Å². The van der Waals surface area contributed by atoms with E-state index in [4.69, 9.17) is 23.2 Å². The van der Waals surface area contributed by atoms with Gasteiger partial charge in [0.25, 0.3) is 5.69 Å². The molecule has 3 aromatic rings. The highest BCUT2D eigenvalue weighted by Crippen LogP contribution is 2.24. The molecule has 0 N–H and O–H groups in total. The summed E-state index contributed by atoms with van der Waals surface area (Å²) in [5.41, 5.74) is 1.77. The van der Waals surface area contributed by atoms with Crippen LogP contribution in [0.25, 0.3) is 0 Å². The topological polar surface area (TPSA) is 180 Å². The Morgan fingerprint density at radius 2 is 0.966 bits per heavy atom. The van der Waals surface area contributed by atoms with Crippen LogP contribution in [0.3, 0.4) is 0 Å². The zero-order valence-electron chi connectivity index (χ0n) is 36.0. The first-order valence-corrected chi connectivity index (χ1v) is 19.2. The molecule has 0 heterocycles. The molecule has 0 aliphatic heterocycles. The molecule has 1 fully saturated rings. The van der Waals surface area contributed by atoms with Crippen LogP contribution in [-0.2, 0) is 24.0 Å². The van der Waals surface area contributed by atoms with Crippen LogP contribution < -0.4 is 0 Å². The zero-order valence-corrected chi connectivity index (χ0v) is 37.5. The molecule has 0 atom stereocenters. The minimum absolute atomic E-state index is 0.000000000000000222. The average molecular weight is 847 g/mol. The monoisotopic (exact) mass is 845 g/mol. The first-order chi connectivity index (χ1) is 26.8. The van der Waals surface area contributed by atoms with Crippen molar-refractivity contribution in [1.29, 1.82) is 0 Å². The molecule has 0 aromatic heterocycles. The van der Waals surface area contributed by atoms with Crippen LogP contribution in [0.15, 0.2) is 72.8 Å². The van der Waals surface area contributed by atoms with Gasteiger partial charge in [0.1, 0.15) is 28.9 Å². The van der Waals surface area contributed by atoms with Crippen LogP contribution in [0.4, 0.5) is 5.69 Å². The van der Waals surface area contributed by atoms with Gasteiger partial charge in [-0.25, -0.2) is 0 Å². The second kappa shape index (κ2) is 36.3. The number of nitrogens with zero attached hydrogens (tertiary/aromatic N) is 1. The van der Waals surface area contributed by atoms with Crippen molar-refractivity contribution < 1.29 is 43.3 Å². The van der Waals surface area contributed by atoms with Gasteiger partial charge in [-0.15, -0.1) is 0 Å². The van der Waals surface area contributed by atoms with E-state index < -0.39 is 4.92 Å². The highest BCUT2D eigenvalue weighted by molar-refractivity contribution is 6.36. The van der Waals surface area contributed by atoms with E-state index in [1.165, 1.54) is 98.9 Å². The normalized spacial score (nSPS) is 10.6. The maximum Gasteiger partial charge on any atom is 0.269 e. The Hall–Kier alpha value is -5.00. The van der Waals surface area contributed by atoms with Gasteiger partial charge in [0.2, 0.25) is 0 Å². The van der Waals surface area contributed by atoms with Crippen molar-refractivity contribution in [3.05, 3.63) is 110 Å². The first-order valence-electron chi connectivity index (χ1n) is 18.5. The second-order valence-corrected chi connectivity index (χ2v) is 14.0. The van der Waals surface area contributed by atoms with E-state index in [9.17, 15) is 48.5 Å². The summed E-state index contributed by atoms with van der Waals surface area (Å²) in [5, 5.41) is 11.2. The molecule has 3 aromatic carbocycles. The second-order valence-electron chi connectivity index (χ2n) is 13.2. The highest BCUT2D eigenvalue weighted by Gasteiger charge is 2.16. The summed E-state index contributed by atoms with van der Waals surface area (Å²) in [6.45, 7) is 18.8. The number of ketones is 8. The smallest absolute Gasteiger partial charge is 0.269 e. The van der Waals surface area contributed by atoms with Crippen molar-refractivity contribution in [2.24, 2.45) is 5.92 Å². The van der Waals surface area contributed by atoms with Gasteiger partial charge in [0, 0.05) is 46.2 Å². The summed E-state index contributed by atoms with van der Waals surface area (Å²) in [4.78, 5) is 90.9. The van der Waals surface area contributed by atoms with E-state index in [1.54, 1.807) is 39.0 Å². The van der Waals surface area contributed by atoms with E-state index in [1.807, 2.05) is 37.3 Å². The molecule has 0 saturated heterocycles. The SMILES string of the molecule is CC(=O)C1CCCCC1.CC(=O)c1ccc(Cl)cc1Cl.CC(=O)c1ccc([N+](=O)[O-])cc1.CC(=O)c1ccccc1.CC(C)=O.CC(C)=O.CC(C)=O.CCC(C)=O. The van der Waals surface area contributed by atoms with Gasteiger partial charge in [-0.1, -0.05) is 79.7 Å². The van der Waals surface area contributed by atoms with Crippen molar-refractivity contribution in [1.82, 2.24) is 0 Å². The molecule has 0 amide bonds. The summed E-state index contributed by atoms with van der Waals surface area (Å²) in [6, 6.07) is 19.6. The highest BCUT2D eigenvalue weighted by atomic mass is 35.5.